The monoisotopic (exact) mass is 329 g/mol. The first-order valence-electron chi connectivity index (χ1n) is 8.16. The van der Waals surface area contributed by atoms with E-state index in [1.807, 2.05) is 24.3 Å². The Labute approximate surface area is 141 Å². The molecule has 0 unspecified atom stereocenters. The summed E-state index contributed by atoms with van der Waals surface area (Å²) >= 11 is 0. The molecular formula is C18H23N3O3. The van der Waals surface area contributed by atoms with Crippen LogP contribution in [0.25, 0.3) is 0 Å². The van der Waals surface area contributed by atoms with Crippen molar-refractivity contribution in [3.63, 3.8) is 0 Å². The molecule has 6 nitrogen and oxygen atoms in total. The first kappa shape index (κ1) is 16.6. The summed E-state index contributed by atoms with van der Waals surface area (Å²) in [7, 11) is 0. The molecule has 3 rings (SSSR count). The average molecular weight is 329 g/mol. The van der Waals surface area contributed by atoms with Gasteiger partial charge in [0, 0.05) is 19.0 Å². The molecule has 1 saturated heterocycles. The Balaban J connectivity index is 1.72. The van der Waals surface area contributed by atoms with Crippen LogP contribution in [0, 0.1) is 6.92 Å². The van der Waals surface area contributed by atoms with Gasteiger partial charge in [0.15, 0.2) is 0 Å². The van der Waals surface area contributed by atoms with E-state index in [0.717, 1.165) is 0 Å². The summed E-state index contributed by atoms with van der Waals surface area (Å²) in [6, 6.07) is 7.83. The minimum atomic E-state index is -0.339. The molecule has 1 atom stereocenters. The van der Waals surface area contributed by atoms with Crippen molar-refractivity contribution < 1.29 is 14.1 Å². The van der Waals surface area contributed by atoms with Crippen molar-refractivity contribution >= 4 is 5.91 Å². The summed E-state index contributed by atoms with van der Waals surface area (Å²) < 4.78 is 10.7. The minimum absolute atomic E-state index is 0.00368. The molecule has 0 bridgehead atoms. The summed E-state index contributed by atoms with van der Waals surface area (Å²) in [6.07, 6.45) is -0.339. The molecule has 1 aromatic carbocycles. The zero-order valence-electron chi connectivity index (χ0n) is 14.6. The number of benzene rings is 1. The highest BCUT2D eigenvalue weighted by atomic mass is 16.5. The molecular weight excluding hydrogens is 306 g/mol. The number of carbonyl (C=O) groups is 1. The van der Waals surface area contributed by atoms with Crippen LogP contribution >= 0.6 is 0 Å². The number of ether oxygens (including phenoxy) is 1. The largest absolute Gasteiger partial charge is 0.366 e. The Morgan fingerprint density at radius 1 is 1.25 bits per heavy atom. The summed E-state index contributed by atoms with van der Waals surface area (Å²) in [4.78, 5) is 18.7. The van der Waals surface area contributed by atoms with Crippen molar-refractivity contribution in [3.05, 3.63) is 47.1 Å². The molecule has 24 heavy (non-hydrogen) atoms. The Kier molecular flexibility index (Phi) is 4.41. The quantitative estimate of drug-likeness (QED) is 0.847. The molecule has 0 aliphatic carbocycles. The molecule has 128 valence electrons. The molecule has 2 aromatic rings. The lowest BCUT2D eigenvalue weighted by Gasteiger charge is -2.31. The van der Waals surface area contributed by atoms with Crippen molar-refractivity contribution in [2.45, 2.75) is 39.2 Å². The summed E-state index contributed by atoms with van der Waals surface area (Å²) in [5.74, 6) is 0.992. The van der Waals surface area contributed by atoms with E-state index in [-0.39, 0.29) is 17.4 Å². The molecule has 1 fully saturated rings. The highest BCUT2D eigenvalue weighted by Gasteiger charge is 2.29. The number of rotatable bonds is 2. The van der Waals surface area contributed by atoms with E-state index in [1.54, 1.807) is 11.8 Å². The molecule has 1 aliphatic heterocycles. The number of hydrogen-bond acceptors (Lipinski definition) is 5. The van der Waals surface area contributed by atoms with Gasteiger partial charge in [0.1, 0.15) is 6.10 Å². The van der Waals surface area contributed by atoms with Gasteiger partial charge in [0.25, 0.3) is 5.91 Å². The first-order valence-corrected chi connectivity index (χ1v) is 8.16. The van der Waals surface area contributed by atoms with Crippen LogP contribution in [-0.4, -0.2) is 40.6 Å². The fraction of sp³-hybridized carbons (Fsp3) is 0.500. The van der Waals surface area contributed by atoms with Crippen molar-refractivity contribution in [1.29, 1.82) is 0 Å². The van der Waals surface area contributed by atoms with Gasteiger partial charge in [0.05, 0.1) is 13.2 Å². The van der Waals surface area contributed by atoms with Gasteiger partial charge in [-0.2, -0.15) is 4.98 Å². The molecule has 0 radical (unpaired) electrons. The third-order valence-corrected chi connectivity index (χ3v) is 4.18. The van der Waals surface area contributed by atoms with Crippen LogP contribution < -0.4 is 0 Å². The maximum absolute atomic E-state index is 12.7. The predicted octanol–water partition coefficient (Wildman–Crippen LogP) is 2.89. The van der Waals surface area contributed by atoms with E-state index in [0.29, 0.717) is 37.0 Å². The van der Waals surface area contributed by atoms with Gasteiger partial charge in [-0.3, -0.25) is 4.79 Å². The lowest BCUT2D eigenvalue weighted by molar-refractivity contribution is -0.0276. The van der Waals surface area contributed by atoms with E-state index in [4.69, 9.17) is 9.26 Å². The standard InChI is InChI=1S/C18H23N3O3/c1-12-19-16(20-24-12)15-11-21(9-10-23-15)17(22)13-5-7-14(8-6-13)18(2,3)4/h5-8,15H,9-11H2,1-4H3/t15-/m0/s1. The summed E-state index contributed by atoms with van der Waals surface area (Å²) in [6.45, 7) is 9.66. The zero-order chi connectivity index (χ0) is 17.3. The average Bonchev–Trinajstić information content (AvgIpc) is 3.00. The van der Waals surface area contributed by atoms with Gasteiger partial charge in [-0.05, 0) is 23.1 Å². The number of aryl methyl sites for hydroxylation is 1. The third-order valence-electron chi connectivity index (χ3n) is 4.18. The topological polar surface area (TPSA) is 68.5 Å². The van der Waals surface area contributed by atoms with Crippen molar-refractivity contribution in [3.8, 4) is 0 Å². The molecule has 0 N–H and O–H groups in total. The highest BCUT2D eigenvalue weighted by Crippen LogP contribution is 2.24. The minimum Gasteiger partial charge on any atom is -0.366 e. The van der Waals surface area contributed by atoms with Gasteiger partial charge in [0.2, 0.25) is 11.7 Å². The molecule has 1 aromatic heterocycles. The lowest BCUT2D eigenvalue weighted by Crippen LogP contribution is -2.42. The highest BCUT2D eigenvalue weighted by molar-refractivity contribution is 5.94. The second kappa shape index (κ2) is 6.36. The van der Waals surface area contributed by atoms with E-state index < -0.39 is 0 Å². The maximum atomic E-state index is 12.7. The fourth-order valence-electron chi connectivity index (χ4n) is 2.73. The lowest BCUT2D eigenvalue weighted by atomic mass is 9.86. The van der Waals surface area contributed by atoms with Crippen molar-refractivity contribution in [1.82, 2.24) is 15.0 Å². The predicted molar refractivity (Wildman–Crippen MR) is 88.8 cm³/mol. The van der Waals surface area contributed by atoms with E-state index >= 15 is 0 Å². The second-order valence-electron chi connectivity index (χ2n) is 7.11. The molecule has 6 heteroatoms. The van der Waals surface area contributed by atoms with Gasteiger partial charge < -0.3 is 14.2 Å². The Morgan fingerprint density at radius 3 is 2.54 bits per heavy atom. The van der Waals surface area contributed by atoms with E-state index in [9.17, 15) is 4.79 Å². The number of aromatic nitrogens is 2. The van der Waals surface area contributed by atoms with Crippen molar-refractivity contribution in [2.24, 2.45) is 0 Å². The van der Waals surface area contributed by atoms with Gasteiger partial charge >= 0.3 is 0 Å². The van der Waals surface area contributed by atoms with Crippen LogP contribution in [0.15, 0.2) is 28.8 Å². The van der Waals surface area contributed by atoms with Crippen LogP contribution in [0.5, 0.6) is 0 Å². The molecule has 2 heterocycles. The fourth-order valence-corrected chi connectivity index (χ4v) is 2.73. The maximum Gasteiger partial charge on any atom is 0.254 e. The van der Waals surface area contributed by atoms with Gasteiger partial charge in [-0.15, -0.1) is 0 Å². The summed E-state index contributed by atoms with van der Waals surface area (Å²) in [5, 5.41) is 3.90. The second-order valence-corrected chi connectivity index (χ2v) is 7.11. The van der Waals surface area contributed by atoms with E-state index in [2.05, 4.69) is 30.9 Å². The molecule has 1 aliphatic rings. The smallest absolute Gasteiger partial charge is 0.254 e. The van der Waals surface area contributed by atoms with Crippen LogP contribution in [0.4, 0.5) is 0 Å². The number of amides is 1. The Hall–Kier alpha value is -2.21. The third kappa shape index (κ3) is 3.48. The van der Waals surface area contributed by atoms with Crippen LogP contribution in [-0.2, 0) is 10.2 Å². The van der Waals surface area contributed by atoms with Gasteiger partial charge in [-0.25, -0.2) is 0 Å². The van der Waals surface area contributed by atoms with Crippen LogP contribution in [0.1, 0.15) is 54.5 Å². The normalized spacial score (nSPS) is 18.7. The Morgan fingerprint density at radius 2 is 1.96 bits per heavy atom. The Bertz CT molecular complexity index is 716. The van der Waals surface area contributed by atoms with Crippen LogP contribution in [0.2, 0.25) is 0 Å². The molecule has 1 amide bonds. The first-order chi connectivity index (χ1) is 11.3. The number of carbonyl (C=O) groups excluding carboxylic acids is 1. The number of hydrogen-bond donors (Lipinski definition) is 0. The summed E-state index contributed by atoms with van der Waals surface area (Å²) in [5.41, 5.74) is 1.97. The number of morpholine rings is 1. The number of nitrogens with zero attached hydrogens (tertiary/aromatic N) is 3. The van der Waals surface area contributed by atoms with E-state index in [1.165, 1.54) is 5.56 Å². The molecule has 0 saturated carbocycles. The zero-order valence-corrected chi connectivity index (χ0v) is 14.6. The van der Waals surface area contributed by atoms with Gasteiger partial charge in [-0.1, -0.05) is 38.1 Å². The van der Waals surface area contributed by atoms with Crippen LogP contribution in [0.3, 0.4) is 0 Å². The van der Waals surface area contributed by atoms with Crippen molar-refractivity contribution in [2.75, 3.05) is 19.7 Å². The molecule has 0 spiro atoms. The SMILES string of the molecule is Cc1nc([C@@H]2CN(C(=O)c3ccc(C(C)(C)C)cc3)CCO2)no1.